The minimum atomic E-state index is -0.159. The van der Waals surface area contributed by atoms with Gasteiger partial charge in [0.2, 0.25) is 0 Å². The van der Waals surface area contributed by atoms with Crippen LogP contribution in [0.5, 0.6) is 0 Å². The Balaban J connectivity index is 1.15. The molecule has 3 aromatic rings. The number of hydrogen-bond donors (Lipinski definition) is 0. The summed E-state index contributed by atoms with van der Waals surface area (Å²) in [6, 6.07) is 15.3. The van der Waals surface area contributed by atoms with E-state index in [0.29, 0.717) is 22.3 Å². The van der Waals surface area contributed by atoms with E-state index in [2.05, 4.69) is 50.0 Å². The fourth-order valence-corrected chi connectivity index (χ4v) is 9.71. The van der Waals surface area contributed by atoms with Crippen LogP contribution in [0.25, 0.3) is 10.9 Å². The number of rotatable bonds is 5. The lowest BCUT2D eigenvalue weighted by Gasteiger charge is -2.35. The molecule has 0 N–H and O–H groups in total. The molecule has 0 spiro atoms. The number of hydrogen-bond acceptors (Lipinski definition) is 4. The zero-order valence-corrected chi connectivity index (χ0v) is 22.4. The number of para-hydroxylation sites is 1. The maximum Gasteiger partial charge on any atom is 0.256 e. The van der Waals surface area contributed by atoms with Crippen molar-refractivity contribution < 1.29 is 9.18 Å². The van der Waals surface area contributed by atoms with Crippen LogP contribution in [0.1, 0.15) is 34.7 Å². The van der Waals surface area contributed by atoms with Gasteiger partial charge < -0.3 is 14.4 Å². The highest BCUT2D eigenvalue weighted by atomic mass is 32.2. The molecule has 0 saturated carbocycles. The molecule has 4 nitrogen and oxygen atoms in total. The number of nitrogens with zero attached hydrogens (tertiary/aromatic N) is 3. The molecule has 7 heteroatoms. The van der Waals surface area contributed by atoms with Crippen LogP contribution in [-0.4, -0.2) is 69.1 Å². The van der Waals surface area contributed by atoms with E-state index in [1.54, 1.807) is 12.1 Å². The normalized spacial score (nSPS) is 24.2. The van der Waals surface area contributed by atoms with Gasteiger partial charge in [0, 0.05) is 55.7 Å². The van der Waals surface area contributed by atoms with Gasteiger partial charge in [-0.2, -0.15) is 0 Å². The van der Waals surface area contributed by atoms with Crippen molar-refractivity contribution in [1.82, 2.24) is 14.4 Å². The second kappa shape index (κ2) is 10.4. The van der Waals surface area contributed by atoms with Crippen molar-refractivity contribution in [2.24, 2.45) is 18.9 Å². The number of fused-ring (bicyclic) bond motifs is 1. The molecule has 1 amide bonds. The summed E-state index contributed by atoms with van der Waals surface area (Å²) in [5, 5.41) is 1.13. The number of aryl methyl sites for hydroxylation is 1. The average Bonchev–Trinajstić information content (AvgIpc) is 3.65. The minimum absolute atomic E-state index is 0.159. The summed E-state index contributed by atoms with van der Waals surface area (Å²) in [5.41, 5.74) is 3.13. The van der Waals surface area contributed by atoms with Crippen LogP contribution in [0.2, 0.25) is 0 Å². The van der Waals surface area contributed by atoms with Gasteiger partial charge in [-0.1, -0.05) is 24.3 Å². The molecule has 1 aromatic heterocycles. The van der Waals surface area contributed by atoms with Gasteiger partial charge in [0.05, 0.1) is 15.7 Å². The van der Waals surface area contributed by atoms with E-state index in [0.717, 1.165) is 62.0 Å². The van der Waals surface area contributed by atoms with E-state index >= 15 is 0 Å². The molecule has 6 rings (SSSR count). The van der Waals surface area contributed by atoms with Crippen LogP contribution >= 0.6 is 23.5 Å². The van der Waals surface area contributed by atoms with E-state index in [-0.39, 0.29) is 11.7 Å². The van der Waals surface area contributed by atoms with Gasteiger partial charge in [-0.3, -0.25) is 4.79 Å². The molecule has 4 heterocycles. The second-order valence-corrected chi connectivity index (χ2v) is 13.3. The zero-order chi connectivity index (χ0) is 24.6. The van der Waals surface area contributed by atoms with Gasteiger partial charge in [-0.15, -0.1) is 23.5 Å². The lowest BCUT2D eigenvalue weighted by Crippen LogP contribution is -2.39. The third-order valence-electron chi connectivity index (χ3n) is 8.33. The first-order valence-corrected chi connectivity index (χ1v) is 15.2. The molecule has 0 radical (unpaired) electrons. The van der Waals surface area contributed by atoms with E-state index in [1.165, 1.54) is 17.1 Å². The number of halogens is 1. The molecule has 36 heavy (non-hydrogen) atoms. The summed E-state index contributed by atoms with van der Waals surface area (Å²) >= 11 is 4.18. The molecule has 3 aliphatic heterocycles. The van der Waals surface area contributed by atoms with E-state index in [9.17, 15) is 9.18 Å². The monoisotopic (exact) mass is 523 g/mol. The van der Waals surface area contributed by atoms with Crippen LogP contribution in [0, 0.1) is 17.7 Å². The van der Waals surface area contributed by atoms with Crippen LogP contribution in [0.4, 0.5) is 4.39 Å². The van der Waals surface area contributed by atoms with Crippen molar-refractivity contribution in [2.75, 3.05) is 44.2 Å². The summed E-state index contributed by atoms with van der Waals surface area (Å²) in [6.45, 7) is 4.93. The van der Waals surface area contributed by atoms with Gasteiger partial charge >= 0.3 is 0 Å². The predicted molar refractivity (Wildman–Crippen MR) is 149 cm³/mol. The minimum Gasteiger partial charge on any atom is -0.350 e. The molecular weight excluding hydrogens is 489 g/mol. The molecule has 3 saturated heterocycles. The van der Waals surface area contributed by atoms with Crippen molar-refractivity contribution >= 4 is 40.3 Å². The number of carbonyl (C=O) groups excluding carboxylic acids is 1. The summed E-state index contributed by atoms with van der Waals surface area (Å²) < 4.78 is 16.0. The zero-order valence-electron chi connectivity index (χ0n) is 20.8. The standard InChI is InChI=1S/C29H34FN3OS2/c1-31-12-9-22-3-2-4-25(27(22)31)28(34)33-18-23(26(19-33)29-35-15-16-36-29)17-32-13-10-21(11-14-32)20-5-7-24(30)8-6-20/h2-9,12,21,23,26,29H,10-11,13-19H2,1H3. The van der Waals surface area contributed by atoms with Gasteiger partial charge in [-0.05, 0) is 67.6 Å². The number of likely N-dealkylation sites (tertiary alicyclic amines) is 2. The number of carbonyl (C=O) groups is 1. The largest absolute Gasteiger partial charge is 0.350 e. The van der Waals surface area contributed by atoms with Crippen molar-refractivity contribution in [1.29, 1.82) is 0 Å². The molecule has 2 aromatic carbocycles. The molecule has 2 atom stereocenters. The van der Waals surface area contributed by atoms with E-state index < -0.39 is 0 Å². The lowest BCUT2D eigenvalue weighted by atomic mass is 9.88. The Morgan fingerprint density at radius 1 is 1.00 bits per heavy atom. The van der Waals surface area contributed by atoms with Crippen LogP contribution < -0.4 is 0 Å². The summed E-state index contributed by atoms with van der Waals surface area (Å²) in [6.07, 6.45) is 4.28. The number of thioether (sulfide) groups is 2. The first kappa shape index (κ1) is 24.4. The fourth-order valence-electron chi connectivity index (χ4n) is 6.40. The molecule has 190 valence electrons. The first-order valence-electron chi connectivity index (χ1n) is 13.1. The summed E-state index contributed by atoms with van der Waals surface area (Å²) in [4.78, 5) is 18.6. The Bertz CT molecular complexity index is 1210. The molecular formula is C29H34FN3OS2. The number of amides is 1. The van der Waals surface area contributed by atoms with Crippen molar-refractivity contribution in [3.63, 3.8) is 0 Å². The Kier molecular flexibility index (Phi) is 7.06. The molecule has 2 unspecified atom stereocenters. The van der Waals surface area contributed by atoms with Gasteiger partial charge in [-0.25, -0.2) is 4.39 Å². The molecule has 3 fully saturated rings. The topological polar surface area (TPSA) is 28.5 Å². The fraction of sp³-hybridized carbons (Fsp3) is 0.483. The maximum absolute atomic E-state index is 13.8. The smallest absolute Gasteiger partial charge is 0.256 e. The summed E-state index contributed by atoms with van der Waals surface area (Å²) in [5.74, 6) is 4.02. The van der Waals surface area contributed by atoms with Crippen molar-refractivity contribution in [3.8, 4) is 0 Å². The lowest BCUT2D eigenvalue weighted by molar-refractivity contribution is 0.0782. The van der Waals surface area contributed by atoms with Crippen LogP contribution in [0.15, 0.2) is 54.7 Å². The number of piperidine rings is 1. The Morgan fingerprint density at radius 2 is 1.75 bits per heavy atom. The third kappa shape index (κ3) is 4.82. The highest BCUT2D eigenvalue weighted by molar-refractivity contribution is 8.20. The molecule has 0 bridgehead atoms. The predicted octanol–water partition coefficient (Wildman–Crippen LogP) is 5.69. The van der Waals surface area contributed by atoms with E-state index in [4.69, 9.17) is 0 Å². The number of benzene rings is 2. The van der Waals surface area contributed by atoms with Crippen molar-refractivity contribution in [3.05, 3.63) is 71.7 Å². The Morgan fingerprint density at radius 3 is 2.50 bits per heavy atom. The second-order valence-electron chi connectivity index (χ2n) is 10.5. The highest BCUT2D eigenvalue weighted by Gasteiger charge is 2.42. The number of aromatic nitrogens is 1. The van der Waals surface area contributed by atoms with Gasteiger partial charge in [0.15, 0.2) is 0 Å². The molecule has 0 aliphatic carbocycles. The quantitative estimate of drug-likeness (QED) is 0.430. The Labute approximate surface area is 221 Å². The molecule has 3 aliphatic rings. The van der Waals surface area contributed by atoms with Crippen LogP contribution in [-0.2, 0) is 7.05 Å². The van der Waals surface area contributed by atoms with Gasteiger partial charge in [0.25, 0.3) is 5.91 Å². The third-order valence-corrected chi connectivity index (χ3v) is 11.6. The van der Waals surface area contributed by atoms with Crippen molar-refractivity contribution in [2.45, 2.75) is 23.3 Å². The average molecular weight is 524 g/mol. The van der Waals surface area contributed by atoms with Crippen LogP contribution in [0.3, 0.4) is 0 Å². The van der Waals surface area contributed by atoms with Gasteiger partial charge in [0.1, 0.15) is 5.82 Å². The Hall–Kier alpha value is -1.96. The summed E-state index contributed by atoms with van der Waals surface area (Å²) in [7, 11) is 2.02. The first-order chi connectivity index (χ1) is 17.6. The maximum atomic E-state index is 13.8. The van der Waals surface area contributed by atoms with E-state index in [1.807, 2.05) is 37.5 Å². The highest BCUT2D eigenvalue weighted by Crippen LogP contribution is 2.44. The SMILES string of the molecule is Cn1ccc2cccc(C(=O)N3CC(CN4CCC(c5ccc(F)cc5)CC4)C(C4SCCS4)C3)c21.